The fourth-order valence-corrected chi connectivity index (χ4v) is 4.08. The standard InChI is InChI=1S/C22H25N3O4/c1-15-8-9-17(29-15)20(26)18-19(16-7-3-4-10-23-16)25(22(28)21(18)27)14-13-24-11-5-2-6-12-24/h3-4,7-10,19,27H,2,5-6,11-14H2,1H3. The Balaban J connectivity index is 1.65. The van der Waals surface area contributed by atoms with E-state index in [0.29, 0.717) is 24.5 Å². The summed E-state index contributed by atoms with van der Waals surface area (Å²) in [5.41, 5.74) is 0.580. The molecular weight excluding hydrogens is 370 g/mol. The van der Waals surface area contributed by atoms with E-state index in [4.69, 9.17) is 4.42 Å². The van der Waals surface area contributed by atoms with E-state index in [0.717, 1.165) is 25.9 Å². The van der Waals surface area contributed by atoms with Crippen LogP contribution >= 0.6 is 0 Å². The number of carbonyl (C=O) groups is 2. The lowest BCUT2D eigenvalue weighted by atomic mass is 9.98. The van der Waals surface area contributed by atoms with E-state index < -0.39 is 23.5 Å². The minimum atomic E-state index is -0.730. The number of amides is 1. The number of hydrogen-bond donors (Lipinski definition) is 1. The molecule has 0 aromatic carbocycles. The summed E-state index contributed by atoms with van der Waals surface area (Å²) in [5.74, 6) is -0.840. The number of Topliss-reactive ketones (excluding diaryl/α,β-unsaturated/α-hetero) is 1. The fourth-order valence-electron chi connectivity index (χ4n) is 4.08. The van der Waals surface area contributed by atoms with Gasteiger partial charge in [-0.15, -0.1) is 0 Å². The SMILES string of the molecule is Cc1ccc(C(=O)C2=C(O)C(=O)N(CCN3CCCCC3)C2c2ccccn2)o1. The first-order valence-corrected chi connectivity index (χ1v) is 10.0. The quantitative estimate of drug-likeness (QED) is 0.757. The van der Waals surface area contributed by atoms with Crippen LogP contribution in [0.4, 0.5) is 0 Å². The van der Waals surface area contributed by atoms with Gasteiger partial charge in [0.15, 0.2) is 11.5 Å². The predicted octanol–water partition coefficient (Wildman–Crippen LogP) is 3.05. The van der Waals surface area contributed by atoms with Crippen molar-refractivity contribution in [2.45, 2.75) is 32.2 Å². The molecule has 1 saturated heterocycles. The Hall–Kier alpha value is -2.93. The molecule has 1 atom stereocenters. The van der Waals surface area contributed by atoms with Crippen molar-refractivity contribution < 1.29 is 19.1 Å². The van der Waals surface area contributed by atoms with Gasteiger partial charge < -0.3 is 19.3 Å². The zero-order valence-corrected chi connectivity index (χ0v) is 16.5. The van der Waals surface area contributed by atoms with Crippen LogP contribution in [-0.4, -0.2) is 57.8 Å². The van der Waals surface area contributed by atoms with Gasteiger partial charge >= 0.3 is 0 Å². The van der Waals surface area contributed by atoms with E-state index in [1.165, 1.54) is 6.42 Å². The number of hydrogen-bond acceptors (Lipinski definition) is 6. The number of carbonyl (C=O) groups excluding carboxylic acids is 2. The first kappa shape index (κ1) is 19.4. The highest BCUT2D eigenvalue weighted by Gasteiger charge is 2.45. The second kappa shape index (κ2) is 8.21. The fraction of sp³-hybridized carbons (Fsp3) is 0.409. The molecule has 1 fully saturated rings. The molecular formula is C22H25N3O4. The largest absolute Gasteiger partial charge is 0.503 e. The monoisotopic (exact) mass is 395 g/mol. The molecule has 0 saturated carbocycles. The van der Waals surface area contributed by atoms with E-state index in [-0.39, 0.29) is 11.3 Å². The first-order valence-electron chi connectivity index (χ1n) is 10.0. The van der Waals surface area contributed by atoms with Gasteiger partial charge in [0.05, 0.1) is 11.3 Å². The average molecular weight is 395 g/mol. The van der Waals surface area contributed by atoms with Gasteiger partial charge in [-0.3, -0.25) is 14.6 Å². The molecule has 0 aliphatic carbocycles. The van der Waals surface area contributed by atoms with Crippen molar-refractivity contribution in [1.29, 1.82) is 0 Å². The molecule has 1 N–H and O–H groups in total. The Labute approximate surface area is 169 Å². The molecule has 152 valence electrons. The van der Waals surface area contributed by atoms with Crippen LogP contribution in [0.2, 0.25) is 0 Å². The third-order valence-corrected chi connectivity index (χ3v) is 5.59. The predicted molar refractivity (Wildman–Crippen MR) is 106 cm³/mol. The van der Waals surface area contributed by atoms with Gasteiger partial charge in [-0.2, -0.15) is 0 Å². The molecule has 4 rings (SSSR count). The van der Waals surface area contributed by atoms with Crippen LogP contribution in [0.3, 0.4) is 0 Å². The van der Waals surface area contributed by atoms with Crippen molar-refractivity contribution >= 4 is 11.7 Å². The van der Waals surface area contributed by atoms with Crippen molar-refractivity contribution in [3.63, 3.8) is 0 Å². The van der Waals surface area contributed by atoms with Crippen molar-refractivity contribution in [2.24, 2.45) is 0 Å². The van der Waals surface area contributed by atoms with Gasteiger partial charge in [0.25, 0.3) is 5.91 Å². The van der Waals surface area contributed by atoms with E-state index in [9.17, 15) is 14.7 Å². The number of aromatic nitrogens is 1. The topological polar surface area (TPSA) is 86.9 Å². The molecule has 0 radical (unpaired) electrons. The van der Waals surface area contributed by atoms with Crippen LogP contribution in [0.1, 0.15) is 47.3 Å². The summed E-state index contributed by atoms with van der Waals surface area (Å²) in [5, 5.41) is 10.6. The minimum Gasteiger partial charge on any atom is -0.503 e. The molecule has 1 unspecified atom stereocenters. The molecule has 7 nitrogen and oxygen atoms in total. The lowest BCUT2D eigenvalue weighted by Crippen LogP contribution is -2.40. The van der Waals surface area contributed by atoms with Crippen LogP contribution in [-0.2, 0) is 4.79 Å². The molecule has 2 aromatic rings. The second-order valence-corrected chi connectivity index (χ2v) is 7.56. The maximum absolute atomic E-state index is 13.1. The number of likely N-dealkylation sites (tertiary alicyclic amines) is 1. The average Bonchev–Trinajstić information content (AvgIpc) is 3.29. The van der Waals surface area contributed by atoms with Crippen LogP contribution in [0.5, 0.6) is 0 Å². The lowest BCUT2D eigenvalue weighted by molar-refractivity contribution is -0.129. The summed E-state index contributed by atoms with van der Waals surface area (Å²) in [4.78, 5) is 34.3. The van der Waals surface area contributed by atoms with Gasteiger partial charge in [0.2, 0.25) is 5.78 Å². The molecule has 29 heavy (non-hydrogen) atoms. The third-order valence-electron chi connectivity index (χ3n) is 5.59. The lowest BCUT2D eigenvalue weighted by Gasteiger charge is -2.31. The van der Waals surface area contributed by atoms with Gasteiger partial charge in [-0.1, -0.05) is 12.5 Å². The molecule has 7 heteroatoms. The zero-order chi connectivity index (χ0) is 20.4. The zero-order valence-electron chi connectivity index (χ0n) is 16.5. The molecule has 2 aromatic heterocycles. The Kier molecular flexibility index (Phi) is 5.49. The Morgan fingerprint density at radius 2 is 1.97 bits per heavy atom. The highest BCUT2D eigenvalue weighted by Crippen LogP contribution is 2.38. The van der Waals surface area contributed by atoms with E-state index in [1.807, 2.05) is 6.07 Å². The smallest absolute Gasteiger partial charge is 0.290 e. The van der Waals surface area contributed by atoms with E-state index in [1.54, 1.807) is 42.3 Å². The van der Waals surface area contributed by atoms with Crippen molar-refractivity contribution in [3.05, 3.63) is 65.1 Å². The molecule has 1 amide bonds. The number of rotatable bonds is 6. The Morgan fingerprint density at radius 3 is 2.62 bits per heavy atom. The minimum absolute atomic E-state index is 0.0293. The van der Waals surface area contributed by atoms with Crippen molar-refractivity contribution in [1.82, 2.24) is 14.8 Å². The number of pyridine rings is 1. The number of nitrogens with zero attached hydrogens (tertiary/aromatic N) is 3. The Bertz CT molecular complexity index is 929. The number of aryl methyl sites for hydroxylation is 1. The van der Waals surface area contributed by atoms with E-state index in [2.05, 4.69) is 9.88 Å². The van der Waals surface area contributed by atoms with Gasteiger partial charge in [0, 0.05) is 19.3 Å². The van der Waals surface area contributed by atoms with Crippen molar-refractivity contribution in [3.8, 4) is 0 Å². The first-order chi connectivity index (χ1) is 14.1. The normalized spacial score (nSPS) is 20.5. The highest BCUT2D eigenvalue weighted by atomic mass is 16.3. The summed E-state index contributed by atoms with van der Waals surface area (Å²) in [7, 11) is 0. The second-order valence-electron chi connectivity index (χ2n) is 7.56. The number of aliphatic hydroxyl groups is 1. The molecule has 2 aliphatic heterocycles. The van der Waals surface area contributed by atoms with Crippen molar-refractivity contribution in [2.75, 3.05) is 26.2 Å². The van der Waals surface area contributed by atoms with Crippen LogP contribution in [0, 0.1) is 6.92 Å². The molecule has 4 heterocycles. The maximum Gasteiger partial charge on any atom is 0.290 e. The van der Waals surface area contributed by atoms with Crippen LogP contribution < -0.4 is 0 Å². The summed E-state index contributed by atoms with van der Waals surface area (Å²) < 4.78 is 5.46. The number of aliphatic hydroxyl groups excluding tert-OH is 1. The highest BCUT2D eigenvalue weighted by molar-refractivity contribution is 6.14. The summed E-state index contributed by atoms with van der Waals surface area (Å²) >= 11 is 0. The van der Waals surface area contributed by atoms with Crippen LogP contribution in [0.15, 0.2) is 52.3 Å². The van der Waals surface area contributed by atoms with Gasteiger partial charge in [0.1, 0.15) is 11.8 Å². The molecule has 0 spiro atoms. The van der Waals surface area contributed by atoms with Gasteiger partial charge in [-0.25, -0.2) is 0 Å². The molecule has 0 bridgehead atoms. The number of piperidine rings is 1. The molecule has 2 aliphatic rings. The Morgan fingerprint density at radius 1 is 1.17 bits per heavy atom. The number of ketones is 1. The van der Waals surface area contributed by atoms with E-state index >= 15 is 0 Å². The summed E-state index contributed by atoms with van der Waals surface area (Å²) in [6.45, 7) is 4.87. The maximum atomic E-state index is 13.1. The van der Waals surface area contributed by atoms with Gasteiger partial charge in [-0.05, 0) is 57.1 Å². The third kappa shape index (κ3) is 3.82. The van der Waals surface area contributed by atoms with Crippen LogP contribution in [0.25, 0.3) is 0 Å². The summed E-state index contributed by atoms with van der Waals surface area (Å²) in [6, 6.07) is 7.88. The number of furan rings is 1. The summed E-state index contributed by atoms with van der Waals surface area (Å²) in [6.07, 6.45) is 5.17.